The highest BCUT2D eigenvalue weighted by Gasteiger charge is 2.54. The number of aromatic nitrogens is 1. The van der Waals surface area contributed by atoms with Gasteiger partial charge in [-0.25, -0.2) is 0 Å². The van der Waals surface area contributed by atoms with Crippen molar-refractivity contribution in [3.05, 3.63) is 65.5 Å². The minimum Gasteiger partial charge on any atom is -0.353 e. The molecule has 2 aromatic rings. The van der Waals surface area contributed by atoms with Crippen LogP contribution in [0.15, 0.2) is 48.8 Å². The number of likely N-dealkylation sites (tertiary alicyclic amines) is 1. The van der Waals surface area contributed by atoms with Crippen LogP contribution in [0.1, 0.15) is 55.1 Å². The number of benzene rings is 1. The Kier molecular flexibility index (Phi) is 6.94. The Balaban J connectivity index is 1.58. The lowest BCUT2D eigenvalue weighted by Crippen LogP contribution is -2.60. The van der Waals surface area contributed by atoms with E-state index in [1.54, 1.807) is 23.4 Å². The fraction of sp³-hybridized carbons (Fsp3) is 0.481. The monoisotopic (exact) mass is 478 g/mol. The van der Waals surface area contributed by atoms with Crippen LogP contribution in [0.2, 0.25) is 0 Å². The van der Waals surface area contributed by atoms with E-state index in [1.165, 1.54) is 0 Å². The van der Waals surface area contributed by atoms with Crippen LogP contribution in [0.3, 0.4) is 0 Å². The molecular weight excluding hydrogens is 444 g/mol. The summed E-state index contributed by atoms with van der Waals surface area (Å²) in [6.07, 6.45) is 4.29. The first kappa shape index (κ1) is 24.9. The molecule has 1 spiro atoms. The Bertz CT molecular complexity index is 1090. The molecule has 0 radical (unpaired) electrons. The van der Waals surface area contributed by atoms with Crippen molar-refractivity contribution in [3.8, 4) is 0 Å². The molecule has 2 saturated heterocycles. The maximum atomic E-state index is 13.9. The summed E-state index contributed by atoms with van der Waals surface area (Å²) in [7, 11) is 0. The van der Waals surface area contributed by atoms with Gasteiger partial charge in [0, 0.05) is 55.8 Å². The van der Waals surface area contributed by atoms with Crippen molar-refractivity contribution in [2.45, 2.75) is 58.8 Å². The highest BCUT2D eigenvalue weighted by atomic mass is 16.5. The third-order valence-corrected chi connectivity index (χ3v) is 6.82. The molecule has 4 rings (SSSR count). The Morgan fingerprint density at radius 2 is 1.83 bits per heavy atom. The van der Waals surface area contributed by atoms with Crippen LogP contribution in [0.5, 0.6) is 0 Å². The summed E-state index contributed by atoms with van der Waals surface area (Å²) in [6, 6.07) is 10.3. The molecule has 0 bridgehead atoms. The van der Waals surface area contributed by atoms with Crippen molar-refractivity contribution >= 4 is 17.7 Å². The molecule has 8 heteroatoms. The fourth-order valence-electron chi connectivity index (χ4n) is 4.85. The molecule has 8 nitrogen and oxygen atoms in total. The molecule has 1 aromatic carbocycles. The molecular formula is C27H34N4O4. The van der Waals surface area contributed by atoms with E-state index in [4.69, 9.17) is 4.74 Å². The third kappa shape index (κ3) is 5.07. The lowest BCUT2D eigenvalue weighted by Gasteiger charge is -2.45. The van der Waals surface area contributed by atoms with Gasteiger partial charge >= 0.3 is 0 Å². The second-order valence-corrected chi connectivity index (χ2v) is 10.4. The summed E-state index contributed by atoms with van der Waals surface area (Å²) in [6.45, 7) is 8.97. The molecule has 35 heavy (non-hydrogen) atoms. The number of hydrogen-bond donors (Lipinski definition) is 1. The van der Waals surface area contributed by atoms with Crippen molar-refractivity contribution in [2.24, 2.45) is 5.41 Å². The number of aryl methyl sites for hydroxylation is 1. The molecule has 0 saturated carbocycles. The van der Waals surface area contributed by atoms with Crippen LogP contribution in [0.4, 0.5) is 0 Å². The first-order chi connectivity index (χ1) is 16.6. The van der Waals surface area contributed by atoms with Gasteiger partial charge in [-0.2, -0.15) is 0 Å². The van der Waals surface area contributed by atoms with Gasteiger partial charge in [-0.1, -0.05) is 45.0 Å². The quantitative estimate of drug-likeness (QED) is 0.730. The van der Waals surface area contributed by atoms with Crippen LogP contribution in [0, 0.1) is 12.3 Å². The number of pyridine rings is 1. The molecule has 1 N–H and O–H groups in total. The standard InChI is InChI=1S/C27H34N4O4/c1-19-8-5-6-10-21(19)24(33)31-22(23(32)29-17-20-9-7-13-28-16-20)18-35-27(31)11-14-30(15-12-27)25(34)26(2,3)4/h5-10,13,16,22H,11-12,14-15,17-18H2,1-4H3,(H,29,32)/t22-/m1/s1. The second-order valence-electron chi connectivity index (χ2n) is 10.4. The molecule has 1 atom stereocenters. The van der Waals surface area contributed by atoms with E-state index >= 15 is 0 Å². The van der Waals surface area contributed by atoms with Crippen LogP contribution in [0.25, 0.3) is 0 Å². The lowest BCUT2D eigenvalue weighted by atomic mass is 9.91. The number of piperidine rings is 1. The minimum absolute atomic E-state index is 0.0768. The summed E-state index contributed by atoms with van der Waals surface area (Å²) in [5.41, 5.74) is 0.863. The van der Waals surface area contributed by atoms with E-state index in [2.05, 4.69) is 10.3 Å². The van der Waals surface area contributed by atoms with E-state index in [-0.39, 0.29) is 24.3 Å². The number of rotatable bonds is 4. The number of nitrogens with zero attached hydrogens (tertiary/aromatic N) is 3. The zero-order valence-electron chi connectivity index (χ0n) is 20.9. The largest absolute Gasteiger partial charge is 0.353 e. The number of carbonyl (C=O) groups is 3. The summed E-state index contributed by atoms with van der Waals surface area (Å²) < 4.78 is 6.27. The third-order valence-electron chi connectivity index (χ3n) is 6.82. The SMILES string of the molecule is Cc1ccccc1C(=O)N1[C@@H](C(=O)NCc2cccnc2)COC12CCN(C(=O)C(C)(C)C)CC2. The van der Waals surface area contributed by atoms with Gasteiger partial charge in [0.25, 0.3) is 5.91 Å². The van der Waals surface area contributed by atoms with Gasteiger partial charge in [-0.3, -0.25) is 24.3 Å². The highest BCUT2D eigenvalue weighted by Crippen LogP contribution is 2.39. The van der Waals surface area contributed by atoms with Gasteiger partial charge in [-0.05, 0) is 30.2 Å². The van der Waals surface area contributed by atoms with Crippen LogP contribution < -0.4 is 5.32 Å². The zero-order chi connectivity index (χ0) is 25.2. The number of carbonyl (C=O) groups excluding carboxylic acids is 3. The lowest BCUT2D eigenvalue weighted by molar-refractivity contribution is -0.150. The second kappa shape index (κ2) is 9.77. The van der Waals surface area contributed by atoms with E-state index < -0.39 is 17.2 Å². The molecule has 2 aliphatic heterocycles. The summed E-state index contributed by atoms with van der Waals surface area (Å²) in [5.74, 6) is -0.411. The van der Waals surface area contributed by atoms with Crippen molar-refractivity contribution in [1.82, 2.24) is 20.1 Å². The van der Waals surface area contributed by atoms with Crippen molar-refractivity contribution in [3.63, 3.8) is 0 Å². The van der Waals surface area contributed by atoms with E-state index in [9.17, 15) is 14.4 Å². The average Bonchev–Trinajstić information content (AvgIpc) is 3.21. The summed E-state index contributed by atoms with van der Waals surface area (Å²) in [5, 5.41) is 2.94. The van der Waals surface area contributed by atoms with Crippen molar-refractivity contribution < 1.29 is 19.1 Å². The number of ether oxygens (including phenoxy) is 1. The van der Waals surface area contributed by atoms with Crippen LogP contribution in [-0.4, -0.2) is 64.0 Å². The first-order valence-electron chi connectivity index (χ1n) is 12.1. The zero-order valence-corrected chi connectivity index (χ0v) is 20.9. The Morgan fingerprint density at radius 1 is 1.11 bits per heavy atom. The maximum absolute atomic E-state index is 13.9. The average molecular weight is 479 g/mol. The molecule has 186 valence electrons. The normalized spacial score (nSPS) is 19.6. The molecule has 0 aliphatic carbocycles. The van der Waals surface area contributed by atoms with E-state index in [0.29, 0.717) is 38.0 Å². The van der Waals surface area contributed by atoms with Gasteiger partial charge in [0.05, 0.1) is 6.61 Å². The van der Waals surface area contributed by atoms with Gasteiger partial charge < -0.3 is 15.0 Å². The smallest absolute Gasteiger partial charge is 0.257 e. The number of amides is 3. The fourth-order valence-corrected chi connectivity index (χ4v) is 4.85. The number of nitrogens with one attached hydrogen (secondary N) is 1. The predicted molar refractivity (Wildman–Crippen MR) is 131 cm³/mol. The van der Waals surface area contributed by atoms with Gasteiger partial charge in [-0.15, -0.1) is 0 Å². The summed E-state index contributed by atoms with van der Waals surface area (Å²) in [4.78, 5) is 47.6. The summed E-state index contributed by atoms with van der Waals surface area (Å²) >= 11 is 0. The van der Waals surface area contributed by atoms with Crippen LogP contribution in [-0.2, 0) is 20.9 Å². The molecule has 3 heterocycles. The van der Waals surface area contributed by atoms with Crippen LogP contribution >= 0.6 is 0 Å². The molecule has 2 aliphatic rings. The molecule has 1 aromatic heterocycles. The molecule has 0 unspecified atom stereocenters. The Hall–Kier alpha value is -3.26. The first-order valence-corrected chi connectivity index (χ1v) is 12.1. The predicted octanol–water partition coefficient (Wildman–Crippen LogP) is 2.91. The van der Waals surface area contributed by atoms with E-state index in [0.717, 1.165) is 11.1 Å². The Labute approximate surface area is 206 Å². The highest BCUT2D eigenvalue weighted by molar-refractivity contribution is 5.99. The van der Waals surface area contributed by atoms with Gasteiger partial charge in [0.2, 0.25) is 11.8 Å². The van der Waals surface area contributed by atoms with Crippen molar-refractivity contribution in [2.75, 3.05) is 19.7 Å². The number of hydrogen-bond acceptors (Lipinski definition) is 5. The van der Waals surface area contributed by atoms with Gasteiger partial charge in [0.15, 0.2) is 0 Å². The maximum Gasteiger partial charge on any atom is 0.257 e. The van der Waals surface area contributed by atoms with Crippen molar-refractivity contribution in [1.29, 1.82) is 0 Å². The Morgan fingerprint density at radius 3 is 2.46 bits per heavy atom. The van der Waals surface area contributed by atoms with E-state index in [1.807, 2.05) is 62.9 Å². The van der Waals surface area contributed by atoms with Gasteiger partial charge in [0.1, 0.15) is 11.8 Å². The minimum atomic E-state index is -0.926. The molecule has 2 fully saturated rings. The molecule has 3 amide bonds. The topological polar surface area (TPSA) is 91.8 Å².